The third-order valence-electron chi connectivity index (χ3n) is 4.53. The van der Waals surface area contributed by atoms with Gasteiger partial charge in [-0.25, -0.2) is 4.98 Å². The lowest BCUT2D eigenvalue weighted by molar-refractivity contribution is 1.13. The van der Waals surface area contributed by atoms with E-state index in [9.17, 15) is 0 Å². The Balaban J connectivity index is 1.49. The van der Waals surface area contributed by atoms with E-state index in [4.69, 9.17) is 0 Å². The smallest absolute Gasteiger partial charge is 0.126 e. The van der Waals surface area contributed by atoms with Gasteiger partial charge < -0.3 is 15.3 Å². The molecule has 116 valence electrons. The number of nitrogens with zero attached hydrogens (tertiary/aromatic N) is 1. The zero-order valence-corrected chi connectivity index (χ0v) is 13.0. The predicted molar refractivity (Wildman–Crippen MR) is 99.2 cm³/mol. The van der Waals surface area contributed by atoms with E-state index >= 15 is 0 Å². The molecule has 3 heterocycles. The maximum Gasteiger partial charge on any atom is 0.126 e. The van der Waals surface area contributed by atoms with Crippen LogP contribution >= 0.6 is 0 Å². The van der Waals surface area contributed by atoms with Crippen LogP contribution in [0.15, 0.2) is 67.0 Å². The van der Waals surface area contributed by atoms with Crippen LogP contribution in [-0.4, -0.2) is 15.0 Å². The van der Waals surface area contributed by atoms with Gasteiger partial charge in [0.05, 0.1) is 11.7 Å². The third-order valence-corrected chi connectivity index (χ3v) is 4.53. The molecule has 0 saturated carbocycles. The van der Waals surface area contributed by atoms with Gasteiger partial charge in [-0.05, 0) is 23.8 Å². The van der Waals surface area contributed by atoms with Crippen LogP contribution in [0.3, 0.4) is 0 Å². The average Bonchev–Trinajstić information content (AvgIpc) is 3.21. The molecule has 0 radical (unpaired) electrons. The molecule has 0 spiro atoms. The van der Waals surface area contributed by atoms with Gasteiger partial charge >= 0.3 is 0 Å². The molecule has 4 nitrogen and oxygen atoms in total. The number of aromatic nitrogens is 3. The molecule has 5 rings (SSSR count). The summed E-state index contributed by atoms with van der Waals surface area (Å²) >= 11 is 0. The standard InChI is InChI=1S/C20H16N4/c1-3-7-17-14(5-1)13(10-21-17)11-22-20-9-16-15-6-2-4-8-18(15)24-19(16)12-23-20/h1-10,12,21,24H,11H2,(H,22,23). The highest BCUT2D eigenvalue weighted by atomic mass is 15.0. The first kappa shape index (κ1) is 13.2. The van der Waals surface area contributed by atoms with Crippen molar-refractivity contribution in [2.75, 3.05) is 5.32 Å². The number of nitrogens with one attached hydrogen (secondary N) is 3. The first-order chi connectivity index (χ1) is 11.9. The van der Waals surface area contributed by atoms with Crippen LogP contribution in [0, 0.1) is 0 Å². The van der Waals surface area contributed by atoms with Gasteiger partial charge in [0, 0.05) is 39.9 Å². The van der Waals surface area contributed by atoms with E-state index in [0.717, 1.165) is 28.9 Å². The summed E-state index contributed by atoms with van der Waals surface area (Å²) in [5.74, 6) is 0.887. The van der Waals surface area contributed by atoms with Crippen molar-refractivity contribution in [1.82, 2.24) is 15.0 Å². The molecule has 0 bridgehead atoms. The summed E-state index contributed by atoms with van der Waals surface area (Å²) in [5, 5.41) is 7.11. The van der Waals surface area contributed by atoms with Gasteiger partial charge in [0.2, 0.25) is 0 Å². The minimum atomic E-state index is 0.741. The van der Waals surface area contributed by atoms with Gasteiger partial charge in [-0.1, -0.05) is 36.4 Å². The number of fused-ring (bicyclic) bond motifs is 4. The fourth-order valence-electron chi connectivity index (χ4n) is 3.31. The summed E-state index contributed by atoms with van der Waals surface area (Å²) in [7, 11) is 0. The van der Waals surface area contributed by atoms with Crippen molar-refractivity contribution in [2.24, 2.45) is 0 Å². The number of pyridine rings is 1. The number of aromatic amines is 2. The molecule has 0 atom stereocenters. The molecular formula is C20H16N4. The van der Waals surface area contributed by atoms with Crippen molar-refractivity contribution in [3.05, 3.63) is 72.6 Å². The minimum absolute atomic E-state index is 0.741. The minimum Gasteiger partial charge on any atom is -0.366 e. The van der Waals surface area contributed by atoms with Crippen molar-refractivity contribution in [2.45, 2.75) is 6.54 Å². The monoisotopic (exact) mass is 312 g/mol. The molecule has 0 aliphatic heterocycles. The number of para-hydroxylation sites is 2. The van der Waals surface area contributed by atoms with Gasteiger partial charge in [0.15, 0.2) is 0 Å². The summed E-state index contributed by atoms with van der Waals surface area (Å²) in [6.45, 7) is 0.741. The second-order valence-electron chi connectivity index (χ2n) is 6.00. The molecule has 3 N–H and O–H groups in total. The number of rotatable bonds is 3. The highest BCUT2D eigenvalue weighted by Gasteiger charge is 2.07. The van der Waals surface area contributed by atoms with Crippen molar-refractivity contribution in [3.8, 4) is 0 Å². The second-order valence-corrected chi connectivity index (χ2v) is 6.00. The fraction of sp³-hybridized carbons (Fsp3) is 0.0500. The molecule has 4 heteroatoms. The number of H-pyrrole nitrogens is 2. The molecule has 5 aromatic rings. The first-order valence-electron chi connectivity index (χ1n) is 8.04. The highest BCUT2D eigenvalue weighted by Crippen LogP contribution is 2.26. The largest absolute Gasteiger partial charge is 0.366 e. The SMILES string of the molecule is c1ccc2c(CNc3cc4c(cn3)[nH]c3ccccc34)c[nH]c2c1. The van der Waals surface area contributed by atoms with Crippen LogP contribution in [0.5, 0.6) is 0 Å². The number of anilines is 1. The van der Waals surface area contributed by atoms with E-state index in [1.807, 2.05) is 18.3 Å². The Morgan fingerprint density at radius 3 is 2.54 bits per heavy atom. The summed E-state index contributed by atoms with van der Waals surface area (Å²) in [5.41, 5.74) is 4.61. The van der Waals surface area contributed by atoms with Crippen LogP contribution < -0.4 is 5.32 Å². The van der Waals surface area contributed by atoms with Crippen molar-refractivity contribution < 1.29 is 0 Å². The molecule has 0 aliphatic rings. The first-order valence-corrected chi connectivity index (χ1v) is 8.04. The maximum absolute atomic E-state index is 4.53. The lowest BCUT2D eigenvalue weighted by Gasteiger charge is -2.05. The Morgan fingerprint density at radius 1 is 0.833 bits per heavy atom. The summed E-state index contributed by atoms with van der Waals surface area (Å²) in [6.07, 6.45) is 3.95. The van der Waals surface area contributed by atoms with E-state index in [2.05, 4.69) is 68.9 Å². The Labute approximate surface area is 138 Å². The summed E-state index contributed by atoms with van der Waals surface area (Å²) in [4.78, 5) is 11.2. The fourth-order valence-corrected chi connectivity index (χ4v) is 3.31. The van der Waals surface area contributed by atoms with E-state index < -0.39 is 0 Å². The molecule has 24 heavy (non-hydrogen) atoms. The third kappa shape index (κ3) is 2.04. The average molecular weight is 312 g/mol. The highest BCUT2D eigenvalue weighted by molar-refractivity contribution is 6.07. The molecule has 2 aromatic carbocycles. The Hall–Kier alpha value is -3.27. The van der Waals surface area contributed by atoms with E-state index in [0.29, 0.717) is 0 Å². The second kappa shape index (κ2) is 5.13. The normalized spacial score (nSPS) is 11.5. The van der Waals surface area contributed by atoms with Crippen LogP contribution in [0.2, 0.25) is 0 Å². The molecule has 0 amide bonds. The summed E-state index contributed by atoms with van der Waals surface area (Å²) in [6, 6.07) is 18.8. The van der Waals surface area contributed by atoms with E-state index in [-0.39, 0.29) is 0 Å². The van der Waals surface area contributed by atoms with Crippen LogP contribution in [0.4, 0.5) is 5.82 Å². The molecular weight excluding hydrogens is 296 g/mol. The van der Waals surface area contributed by atoms with E-state index in [1.54, 1.807) is 0 Å². The van der Waals surface area contributed by atoms with Crippen molar-refractivity contribution in [1.29, 1.82) is 0 Å². The molecule has 0 fully saturated rings. The Kier molecular flexibility index (Phi) is 2.82. The van der Waals surface area contributed by atoms with Crippen LogP contribution in [0.25, 0.3) is 32.7 Å². The summed E-state index contributed by atoms with van der Waals surface area (Å²) < 4.78 is 0. The number of hydrogen-bond acceptors (Lipinski definition) is 2. The van der Waals surface area contributed by atoms with E-state index in [1.165, 1.54) is 21.7 Å². The molecule has 3 aromatic heterocycles. The molecule has 0 aliphatic carbocycles. The van der Waals surface area contributed by atoms with Gasteiger partial charge in [0.1, 0.15) is 5.82 Å². The molecule has 0 saturated heterocycles. The Morgan fingerprint density at radius 2 is 1.62 bits per heavy atom. The van der Waals surface area contributed by atoms with Crippen LogP contribution in [-0.2, 0) is 6.54 Å². The van der Waals surface area contributed by atoms with Gasteiger partial charge in [-0.15, -0.1) is 0 Å². The lowest BCUT2D eigenvalue weighted by atomic mass is 10.1. The van der Waals surface area contributed by atoms with Gasteiger partial charge in [-0.3, -0.25) is 0 Å². The maximum atomic E-state index is 4.53. The van der Waals surface area contributed by atoms with Gasteiger partial charge in [0.25, 0.3) is 0 Å². The predicted octanol–water partition coefficient (Wildman–Crippen LogP) is 4.81. The zero-order valence-electron chi connectivity index (χ0n) is 13.0. The number of benzene rings is 2. The van der Waals surface area contributed by atoms with Gasteiger partial charge in [-0.2, -0.15) is 0 Å². The van der Waals surface area contributed by atoms with Crippen LogP contribution in [0.1, 0.15) is 5.56 Å². The number of hydrogen-bond donors (Lipinski definition) is 3. The lowest BCUT2D eigenvalue weighted by Crippen LogP contribution is -2.00. The Bertz CT molecular complexity index is 1170. The zero-order chi connectivity index (χ0) is 15.9. The van der Waals surface area contributed by atoms with Crippen molar-refractivity contribution in [3.63, 3.8) is 0 Å². The topological polar surface area (TPSA) is 56.5 Å². The molecule has 0 unspecified atom stereocenters. The quantitative estimate of drug-likeness (QED) is 0.448. The van der Waals surface area contributed by atoms with Crippen molar-refractivity contribution >= 4 is 38.5 Å².